The Morgan fingerprint density at radius 2 is 1.89 bits per heavy atom. The summed E-state index contributed by atoms with van der Waals surface area (Å²) in [4.78, 5) is 12.6. The lowest BCUT2D eigenvalue weighted by Gasteiger charge is -2.19. The van der Waals surface area contributed by atoms with E-state index in [1.807, 2.05) is 0 Å². The molecular weight excluding hydrogens is 230 g/mol. The molecule has 5 heteroatoms. The van der Waals surface area contributed by atoms with Crippen molar-refractivity contribution in [3.8, 4) is 0 Å². The number of rotatable bonds is 3. The third-order valence-corrected chi connectivity index (χ3v) is 3.39. The maximum absolute atomic E-state index is 10.7. The second kappa shape index (κ2) is 5.82. The van der Waals surface area contributed by atoms with Crippen molar-refractivity contribution in [1.29, 1.82) is 0 Å². The van der Waals surface area contributed by atoms with Crippen molar-refractivity contribution in [2.75, 3.05) is 18.8 Å². The first-order chi connectivity index (χ1) is 8.66. The van der Waals surface area contributed by atoms with Crippen molar-refractivity contribution in [3.05, 3.63) is 33.9 Å². The largest absolute Gasteiger partial charge is 0.393 e. The van der Waals surface area contributed by atoms with E-state index >= 15 is 0 Å². The number of anilines is 1. The van der Waals surface area contributed by atoms with Crippen LogP contribution in [0.1, 0.15) is 31.2 Å². The van der Waals surface area contributed by atoms with Crippen LogP contribution in [0.5, 0.6) is 0 Å². The van der Waals surface area contributed by atoms with Gasteiger partial charge in [-0.15, -0.1) is 0 Å². The van der Waals surface area contributed by atoms with Gasteiger partial charge < -0.3 is 5.73 Å². The number of nitrogens with zero attached hydrogens (tertiary/aromatic N) is 2. The highest BCUT2D eigenvalue weighted by Gasteiger charge is 2.13. The summed E-state index contributed by atoms with van der Waals surface area (Å²) >= 11 is 0. The molecule has 1 heterocycles. The van der Waals surface area contributed by atoms with Gasteiger partial charge in [0.05, 0.1) is 4.92 Å². The second-order valence-electron chi connectivity index (χ2n) is 4.84. The van der Waals surface area contributed by atoms with Crippen LogP contribution >= 0.6 is 0 Å². The smallest absolute Gasteiger partial charge is 0.292 e. The number of hydrogen-bond acceptors (Lipinski definition) is 4. The summed E-state index contributed by atoms with van der Waals surface area (Å²) in [6.45, 7) is 3.05. The van der Waals surface area contributed by atoms with Gasteiger partial charge in [0.1, 0.15) is 5.69 Å². The van der Waals surface area contributed by atoms with Crippen molar-refractivity contribution in [3.63, 3.8) is 0 Å². The number of nitrogen functional groups attached to an aromatic ring is 1. The lowest BCUT2D eigenvalue weighted by molar-refractivity contribution is -0.383. The van der Waals surface area contributed by atoms with E-state index in [4.69, 9.17) is 5.73 Å². The van der Waals surface area contributed by atoms with Crippen molar-refractivity contribution in [2.45, 2.75) is 32.2 Å². The maximum atomic E-state index is 10.7. The minimum Gasteiger partial charge on any atom is -0.393 e. The predicted molar refractivity (Wildman–Crippen MR) is 71.3 cm³/mol. The Morgan fingerprint density at radius 3 is 2.44 bits per heavy atom. The highest BCUT2D eigenvalue weighted by molar-refractivity contribution is 5.59. The van der Waals surface area contributed by atoms with Crippen LogP contribution in [0.3, 0.4) is 0 Å². The van der Waals surface area contributed by atoms with E-state index in [9.17, 15) is 10.1 Å². The Balaban J connectivity index is 2.05. The molecule has 1 aliphatic heterocycles. The molecule has 1 aliphatic rings. The molecule has 1 saturated heterocycles. The Hall–Kier alpha value is -1.62. The van der Waals surface area contributed by atoms with Crippen LogP contribution in [-0.2, 0) is 6.54 Å². The zero-order valence-electron chi connectivity index (χ0n) is 10.5. The van der Waals surface area contributed by atoms with Crippen molar-refractivity contribution < 1.29 is 4.92 Å². The first-order valence-electron chi connectivity index (χ1n) is 6.42. The third kappa shape index (κ3) is 3.20. The Morgan fingerprint density at radius 1 is 1.22 bits per heavy atom. The number of benzene rings is 1. The topological polar surface area (TPSA) is 72.4 Å². The number of nitro groups is 1. The molecule has 5 nitrogen and oxygen atoms in total. The lowest BCUT2D eigenvalue weighted by atomic mass is 10.1. The molecule has 0 saturated carbocycles. The normalized spacial score (nSPS) is 17.3. The van der Waals surface area contributed by atoms with Gasteiger partial charge in [-0.3, -0.25) is 15.0 Å². The van der Waals surface area contributed by atoms with Crippen LogP contribution in [0.25, 0.3) is 0 Å². The summed E-state index contributed by atoms with van der Waals surface area (Å²) in [6, 6.07) is 5.03. The summed E-state index contributed by atoms with van der Waals surface area (Å²) < 4.78 is 0. The first-order valence-corrected chi connectivity index (χ1v) is 6.42. The van der Waals surface area contributed by atoms with Gasteiger partial charge in [0, 0.05) is 12.6 Å². The minimum atomic E-state index is -0.439. The van der Waals surface area contributed by atoms with Gasteiger partial charge in [-0.1, -0.05) is 18.9 Å². The van der Waals surface area contributed by atoms with Crippen LogP contribution in [-0.4, -0.2) is 22.9 Å². The molecule has 0 aliphatic carbocycles. The summed E-state index contributed by atoms with van der Waals surface area (Å²) in [5.74, 6) is 0. The van der Waals surface area contributed by atoms with Gasteiger partial charge in [-0.2, -0.15) is 0 Å². The lowest BCUT2D eigenvalue weighted by Crippen LogP contribution is -2.24. The Labute approximate surface area is 107 Å². The highest BCUT2D eigenvalue weighted by Crippen LogP contribution is 2.23. The average molecular weight is 249 g/mol. The zero-order valence-corrected chi connectivity index (χ0v) is 10.5. The monoisotopic (exact) mass is 249 g/mol. The van der Waals surface area contributed by atoms with E-state index < -0.39 is 4.92 Å². The second-order valence-corrected chi connectivity index (χ2v) is 4.84. The van der Waals surface area contributed by atoms with E-state index in [1.165, 1.54) is 31.7 Å². The molecule has 18 heavy (non-hydrogen) atoms. The van der Waals surface area contributed by atoms with E-state index in [1.54, 1.807) is 12.1 Å². The Bertz CT molecular complexity index is 426. The van der Waals surface area contributed by atoms with Crippen LogP contribution in [0.4, 0.5) is 11.4 Å². The Kier molecular flexibility index (Phi) is 4.15. The molecule has 0 atom stereocenters. The molecule has 98 valence electrons. The van der Waals surface area contributed by atoms with Crippen LogP contribution in [0, 0.1) is 10.1 Å². The average Bonchev–Trinajstić information content (AvgIpc) is 2.57. The van der Waals surface area contributed by atoms with Crippen molar-refractivity contribution >= 4 is 11.4 Å². The molecule has 0 unspecified atom stereocenters. The quantitative estimate of drug-likeness (QED) is 0.507. The molecular formula is C13H19N3O2. The third-order valence-electron chi connectivity index (χ3n) is 3.39. The van der Waals surface area contributed by atoms with Gasteiger partial charge in [-0.05, 0) is 37.6 Å². The van der Waals surface area contributed by atoms with Gasteiger partial charge in [0.25, 0.3) is 5.69 Å². The molecule has 2 rings (SSSR count). The molecule has 0 radical (unpaired) electrons. The van der Waals surface area contributed by atoms with Gasteiger partial charge in [0.2, 0.25) is 0 Å². The number of nitrogens with two attached hydrogens (primary N) is 1. The fourth-order valence-corrected chi connectivity index (χ4v) is 2.42. The fourth-order valence-electron chi connectivity index (χ4n) is 2.42. The highest BCUT2D eigenvalue weighted by atomic mass is 16.6. The number of likely N-dealkylation sites (tertiary alicyclic amines) is 1. The molecule has 0 bridgehead atoms. The molecule has 1 aromatic carbocycles. The first kappa shape index (κ1) is 12.8. The van der Waals surface area contributed by atoms with Gasteiger partial charge in [-0.25, -0.2) is 0 Å². The predicted octanol–water partition coefficient (Wildman–Crippen LogP) is 2.55. The van der Waals surface area contributed by atoms with Crippen LogP contribution < -0.4 is 5.73 Å². The van der Waals surface area contributed by atoms with E-state index in [0.717, 1.165) is 25.2 Å². The molecule has 0 aromatic heterocycles. The number of hydrogen-bond donors (Lipinski definition) is 1. The van der Waals surface area contributed by atoms with E-state index in [2.05, 4.69) is 4.90 Å². The summed E-state index contributed by atoms with van der Waals surface area (Å²) in [5, 5.41) is 10.7. The minimum absolute atomic E-state index is 0.00498. The molecule has 1 fully saturated rings. The zero-order chi connectivity index (χ0) is 13.0. The summed E-state index contributed by atoms with van der Waals surface area (Å²) in [6.07, 6.45) is 5.09. The number of nitro benzene ring substituents is 1. The van der Waals surface area contributed by atoms with Crippen LogP contribution in [0.15, 0.2) is 18.2 Å². The van der Waals surface area contributed by atoms with Crippen molar-refractivity contribution in [1.82, 2.24) is 4.90 Å². The molecule has 1 aromatic rings. The van der Waals surface area contributed by atoms with E-state index in [-0.39, 0.29) is 11.4 Å². The fraction of sp³-hybridized carbons (Fsp3) is 0.538. The van der Waals surface area contributed by atoms with E-state index in [0.29, 0.717) is 0 Å². The van der Waals surface area contributed by atoms with Gasteiger partial charge >= 0.3 is 0 Å². The molecule has 0 spiro atoms. The summed E-state index contributed by atoms with van der Waals surface area (Å²) in [7, 11) is 0. The molecule has 0 amide bonds. The van der Waals surface area contributed by atoms with Gasteiger partial charge in [0.15, 0.2) is 0 Å². The van der Waals surface area contributed by atoms with Crippen LogP contribution in [0.2, 0.25) is 0 Å². The standard InChI is InChI=1S/C13H19N3O2/c14-12-9-11(5-6-13(12)16(17)18)10-15-7-3-1-2-4-8-15/h5-6,9H,1-4,7-8,10,14H2. The summed E-state index contributed by atoms with van der Waals surface area (Å²) in [5.41, 5.74) is 7.01. The maximum Gasteiger partial charge on any atom is 0.292 e. The van der Waals surface area contributed by atoms with Crippen molar-refractivity contribution in [2.24, 2.45) is 0 Å². The SMILES string of the molecule is Nc1cc(CN2CCCCCC2)ccc1[N+](=O)[O-]. The molecule has 2 N–H and O–H groups in total.